The number of aromatic nitrogens is 1. The Morgan fingerprint density at radius 3 is 3.13 bits per heavy atom. The van der Waals surface area contributed by atoms with Crippen molar-refractivity contribution in [1.82, 2.24) is 4.98 Å². The van der Waals surface area contributed by atoms with Crippen LogP contribution in [-0.2, 0) is 0 Å². The molecular formula is C10H7ClN2OS. The number of hydrogen-bond donors (Lipinski definition) is 0. The van der Waals surface area contributed by atoms with Crippen molar-refractivity contribution >= 4 is 34.5 Å². The molecule has 0 spiro atoms. The molecule has 0 atom stereocenters. The molecule has 1 aromatic heterocycles. The Morgan fingerprint density at radius 2 is 2.40 bits per heavy atom. The minimum Gasteiger partial charge on any atom is -0.431 e. The van der Waals surface area contributed by atoms with Gasteiger partial charge in [0.15, 0.2) is 5.58 Å². The maximum absolute atomic E-state index is 8.44. The third-order valence-corrected chi connectivity index (χ3v) is 2.79. The smallest absolute Gasteiger partial charge is 0.257 e. The Kier molecular flexibility index (Phi) is 2.85. The molecule has 0 aliphatic heterocycles. The van der Waals surface area contributed by atoms with Crippen molar-refractivity contribution in [3.05, 3.63) is 22.7 Å². The van der Waals surface area contributed by atoms with Crippen LogP contribution in [-0.4, -0.2) is 10.7 Å². The highest BCUT2D eigenvalue weighted by Crippen LogP contribution is 2.28. The predicted molar refractivity (Wildman–Crippen MR) is 60.1 cm³/mol. The van der Waals surface area contributed by atoms with Gasteiger partial charge in [0, 0.05) is 5.02 Å². The summed E-state index contributed by atoms with van der Waals surface area (Å²) in [5, 5.41) is 9.59. The fraction of sp³-hybridized carbons (Fsp3) is 0.200. The first-order valence-corrected chi connectivity index (χ1v) is 5.63. The molecule has 0 aliphatic rings. The molecule has 2 aromatic rings. The monoisotopic (exact) mass is 238 g/mol. The van der Waals surface area contributed by atoms with E-state index in [-0.39, 0.29) is 0 Å². The first-order chi connectivity index (χ1) is 7.20. The number of oxazole rings is 1. The van der Waals surface area contributed by atoms with Crippen LogP contribution in [0.2, 0.25) is 5.02 Å². The van der Waals surface area contributed by atoms with Gasteiger partial charge in [-0.1, -0.05) is 23.4 Å². The van der Waals surface area contributed by atoms with E-state index in [4.69, 9.17) is 21.3 Å². The zero-order valence-electron chi connectivity index (χ0n) is 7.95. The molecule has 0 N–H and O–H groups in total. The van der Waals surface area contributed by atoms with Crippen molar-refractivity contribution in [1.29, 1.82) is 5.26 Å². The molecule has 1 heterocycles. The summed E-state index contributed by atoms with van der Waals surface area (Å²) >= 11 is 7.18. The van der Waals surface area contributed by atoms with Gasteiger partial charge in [0.1, 0.15) is 5.52 Å². The molecular weight excluding hydrogens is 232 g/mol. The van der Waals surface area contributed by atoms with E-state index in [0.717, 1.165) is 16.7 Å². The maximum atomic E-state index is 8.44. The molecule has 0 saturated carbocycles. The second-order valence-corrected chi connectivity index (χ2v) is 4.36. The molecule has 0 radical (unpaired) electrons. The van der Waals surface area contributed by atoms with E-state index in [2.05, 4.69) is 4.98 Å². The van der Waals surface area contributed by atoms with Crippen molar-refractivity contribution in [3.63, 3.8) is 0 Å². The van der Waals surface area contributed by atoms with Crippen molar-refractivity contribution < 1.29 is 4.42 Å². The van der Waals surface area contributed by atoms with Crippen molar-refractivity contribution in [2.24, 2.45) is 0 Å². The normalized spacial score (nSPS) is 10.5. The molecule has 76 valence electrons. The Bertz CT molecular complexity index is 544. The third-order valence-electron chi connectivity index (χ3n) is 1.88. The SMILES string of the molecule is Cc1cc(Cl)cc2nc(SCC#N)oc12. The standard InChI is InChI=1S/C10H7ClN2OS/c1-6-4-7(11)5-8-9(6)14-10(13-8)15-3-2-12/h4-5H,3H2,1H3. The van der Waals surface area contributed by atoms with Crippen molar-refractivity contribution in [2.75, 3.05) is 5.75 Å². The summed E-state index contributed by atoms with van der Waals surface area (Å²) < 4.78 is 5.50. The van der Waals surface area contributed by atoms with Crippen LogP contribution >= 0.6 is 23.4 Å². The number of benzene rings is 1. The zero-order valence-corrected chi connectivity index (χ0v) is 9.52. The molecule has 2 rings (SSSR count). The van der Waals surface area contributed by atoms with E-state index in [0.29, 0.717) is 16.0 Å². The Balaban J connectivity index is 2.47. The summed E-state index contributed by atoms with van der Waals surface area (Å²) in [6.45, 7) is 1.91. The molecule has 0 unspecified atom stereocenters. The average molecular weight is 239 g/mol. The largest absolute Gasteiger partial charge is 0.431 e. The number of halogens is 1. The fourth-order valence-electron chi connectivity index (χ4n) is 1.29. The zero-order chi connectivity index (χ0) is 10.8. The van der Waals surface area contributed by atoms with E-state index in [9.17, 15) is 0 Å². The summed E-state index contributed by atoms with van der Waals surface area (Å²) in [5.41, 5.74) is 2.43. The van der Waals surface area contributed by atoms with Gasteiger partial charge in [-0.2, -0.15) is 5.26 Å². The maximum Gasteiger partial charge on any atom is 0.257 e. The summed E-state index contributed by atoms with van der Waals surface area (Å²) in [4.78, 5) is 4.23. The lowest BCUT2D eigenvalue weighted by atomic mass is 10.2. The van der Waals surface area contributed by atoms with E-state index in [1.807, 2.05) is 19.1 Å². The Hall–Kier alpha value is -1.18. The topological polar surface area (TPSA) is 49.8 Å². The van der Waals surface area contributed by atoms with Crippen LogP contribution < -0.4 is 0 Å². The van der Waals surface area contributed by atoms with Crippen molar-refractivity contribution in [3.8, 4) is 6.07 Å². The van der Waals surface area contributed by atoms with Crippen LogP contribution in [0, 0.1) is 18.3 Å². The van der Waals surface area contributed by atoms with Gasteiger partial charge >= 0.3 is 0 Å². The average Bonchev–Trinajstić information content (AvgIpc) is 2.57. The third kappa shape index (κ3) is 2.09. The quantitative estimate of drug-likeness (QED) is 0.753. The molecule has 3 nitrogen and oxygen atoms in total. The molecule has 0 fully saturated rings. The lowest BCUT2D eigenvalue weighted by Crippen LogP contribution is -1.74. The number of rotatable bonds is 2. The van der Waals surface area contributed by atoms with Gasteiger partial charge in [-0.05, 0) is 24.6 Å². The number of nitrogens with zero attached hydrogens (tertiary/aromatic N) is 2. The van der Waals surface area contributed by atoms with Crippen molar-refractivity contribution in [2.45, 2.75) is 12.1 Å². The number of thioether (sulfide) groups is 1. The van der Waals surface area contributed by atoms with E-state index >= 15 is 0 Å². The minimum atomic E-state index is 0.333. The van der Waals surface area contributed by atoms with Crippen LogP contribution in [0.1, 0.15) is 5.56 Å². The highest BCUT2D eigenvalue weighted by Gasteiger charge is 2.09. The first kappa shape index (κ1) is 10.3. The summed E-state index contributed by atoms with van der Waals surface area (Å²) in [5.74, 6) is 0.333. The van der Waals surface area contributed by atoms with Gasteiger partial charge in [0.05, 0.1) is 11.8 Å². The van der Waals surface area contributed by atoms with Gasteiger partial charge in [0.2, 0.25) is 0 Å². The van der Waals surface area contributed by atoms with Crippen LogP contribution in [0.15, 0.2) is 21.8 Å². The number of aryl methyl sites for hydroxylation is 1. The molecule has 0 aliphatic carbocycles. The van der Waals surface area contributed by atoms with E-state index in [1.54, 1.807) is 6.07 Å². The number of fused-ring (bicyclic) bond motifs is 1. The number of hydrogen-bond acceptors (Lipinski definition) is 4. The second-order valence-electron chi connectivity index (χ2n) is 3.00. The molecule has 0 saturated heterocycles. The highest BCUT2D eigenvalue weighted by molar-refractivity contribution is 7.99. The lowest BCUT2D eigenvalue weighted by Gasteiger charge is -1.93. The van der Waals surface area contributed by atoms with Gasteiger partial charge in [-0.15, -0.1) is 0 Å². The van der Waals surface area contributed by atoms with E-state index in [1.165, 1.54) is 11.8 Å². The van der Waals surface area contributed by atoms with Gasteiger partial charge in [0.25, 0.3) is 5.22 Å². The predicted octanol–water partition coefficient (Wildman–Crippen LogP) is 3.41. The molecule has 5 heteroatoms. The van der Waals surface area contributed by atoms with Crippen LogP contribution in [0.4, 0.5) is 0 Å². The number of nitriles is 1. The van der Waals surface area contributed by atoms with Gasteiger partial charge in [-0.25, -0.2) is 4.98 Å². The minimum absolute atomic E-state index is 0.333. The van der Waals surface area contributed by atoms with Crippen LogP contribution in [0.3, 0.4) is 0 Å². The fourth-order valence-corrected chi connectivity index (χ4v) is 2.05. The van der Waals surface area contributed by atoms with Crippen LogP contribution in [0.5, 0.6) is 0 Å². The van der Waals surface area contributed by atoms with E-state index < -0.39 is 0 Å². The van der Waals surface area contributed by atoms with Gasteiger partial charge < -0.3 is 4.42 Å². The van der Waals surface area contributed by atoms with Gasteiger partial charge in [-0.3, -0.25) is 0 Å². The molecule has 0 bridgehead atoms. The summed E-state index contributed by atoms with van der Waals surface area (Å²) in [6.07, 6.45) is 0. The lowest BCUT2D eigenvalue weighted by molar-refractivity contribution is 0.488. The molecule has 15 heavy (non-hydrogen) atoms. The highest BCUT2D eigenvalue weighted by atomic mass is 35.5. The summed E-state index contributed by atoms with van der Waals surface area (Å²) in [6, 6.07) is 5.60. The summed E-state index contributed by atoms with van der Waals surface area (Å²) in [7, 11) is 0. The Labute approximate surface area is 96.0 Å². The Morgan fingerprint density at radius 1 is 1.60 bits per heavy atom. The molecule has 0 amide bonds. The first-order valence-electron chi connectivity index (χ1n) is 4.27. The second kappa shape index (κ2) is 4.13. The molecule has 1 aromatic carbocycles. The van der Waals surface area contributed by atoms with Crippen LogP contribution in [0.25, 0.3) is 11.1 Å².